The minimum Gasteiger partial charge on any atom is -0.240 e. The molecule has 0 unspecified atom stereocenters. The largest absolute Gasteiger partial charge is 0.240 e. The van der Waals surface area contributed by atoms with Gasteiger partial charge in [-0.05, 0) is 17.7 Å². The van der Waals surface area contributed by atoms with Gasteiger partial charge in [-0.3, -0.25) is 0 Å². The van der Waals surface area contributed by atoms with Gasteiger partial charge in [0.05, 0.1) is 5.52 Å². The van der Waals surface area contributed by atoms with Gasteiger partial charge >= 0.3 is 0 Å². The molecule has 0 amide bonds. The minimum atomic E-state index is 1.10. The lowest BCUT2D eigenvalue weighted by molar-refractivity contribution is 0.935. The van der Waals surface area contributed by atoms with Crippen LogP contribution < -0.4 is 0 Å². The summed E-state index contributed by atoms with van der Waals surface area (Å²) >= 11 is 0. The van der Waals surface area contributed by atoms with E-state index in [1.54, 1.807) is 12.3 Å². The van der Waals surface area contributed by atoms with Crippen LogP contribution in [0.3, 0.4) is 0 Å². The molecule has 19 heavy (non-hydrogen) atoms. The minimum absolute atomic E-state index is 1.10. The predicted molar refractivity (Wildman–Crippen MR) is 81.5 cm³/mol. The maximum absolute atomic E-state index is 4.37. The third-order valence-corrected chi connectivity index (χ3v) is 3.07. The zero-order valence-corrected chi connectivity index (χ0v) is 10.5. The van der Waals surface area contributed by atoms with Crippen molar-refractivity contribution in [2.75, 3.05) is 0 Å². The lowest BCUT2D eigenvalue weighted by Crippen LogP contribution is -1.84. The summed E-state index contributed by atoms with van der Waals surface area (Å²) in [6.07, 6.45) is 5.43. The monoisotopic (exact) mass is 246 g/mol. The van der Waals surface area contributed by atoms with Crippen LogP contribution in [0.25, 0.3) is 22.0 Å². The second-order valence-corrected chi connectivity index (χ2v) is 4.27. The summed E-state index contributed by atoms with van der Waals surface area (Å²) in [6, 6.07) is 18.6. The van der Waals surface area contributed by atoms with Crippen LogP contribution in [0.4, 0.5) is 0 Å². The number of hydrogen-bond donors (Lipinski definition) is 0. The molecule has 0 saturated heterocycles. The van der Waals surface area contributed by atoms with Crippen LogP contribution in [0.2, 0.25) is 0 Å². The van der Waals surface area contributed by atoms with Crippen LogP contribution in [-0.4, -0.2) is 10.9 Å². The number of allylic oxidation sites excluding steroid dienone is 1. The van der Waals surface area contributed by atoms with Gasteiger partial charge in [-0.1, -0.05) is 55.1 Å². The maximum atomic E-state index is 4.37. The Morgan fingerprint density at radius 1 is 0.947 bits per heavy atom. The van der Waals surface area contributed by atoms with E-state index in [0.29, 0.717) is 0 Å². The summed E-state index contributed by atoms with van der Waals surface area (Å²) in [7, 11) is 0. The topological polar surface area (TPSA) is 17.3 Å². The fourth-order valence-corrected chi connectivity index (χ4v) is 2.22. The SMILES string of the molecule is C=CC=Nn1cc(-c2ccccc2)c2ccccc21. The summed E-state index contributed by atoms with van der Waals surface area (Å²) in [4.78, 5) is 0. The van der Waals surface area contributed by atoms with Gasteiger partial charge in [-0.2, -0.15) is 5.10 Å². The first kappa shape index (κ1) is 11.5. The summed E-state index contributed by atoms with van der Waals surface area (Å²) in [5.74, 6) is 0. The molecule has 0 spiro atoms. The third-order valence-electron chi connectivity index (χ3n) is 3.07. The van der Waals surface area contributed by atoms with Crippen LogP contribution >= 0.6 is 0 Å². The Labute approximate surface area is 112 Å². The van der Waals surface area contributed by atoms with Crippen LogP contribution in [0, 0.1) is 0 Å². The van der Waals surface area contributed by atoms with Crippen LogP contribution in [0.1, 0.15) is 0 Å². The van der Waals surface area contributed by atoms with E-state index in [4.69, 9.17) is 0 Å². The molecule has 2 nitrogen and oxygen atoms in total. The van der Waals surface area contributed by atoms with Crippen molar-refractivity contribution in [3.05, 3.63) is 73.4 Å². The summed E-state index contributed by atoms with van der Waals surface area (Å²) in [5, 5.41) is 5.58. The highest BCUT2D eigenvalue weighted by Gasteiger charge is 2.08. The Morgan fingerprint density at radius 2 is 1.68 bits per heavy atom. The van der Waals surface area contributed by atoms with E-state index in [1.165, 1.54) is 16.5 Å². The molecule has 1 aromatic heterocycles. The highest BCUT2D eigenvalue weighted by Crippen LogP contribution is 2.30. The number of hydrogen-bond acceptors (Lipinski definition) is 1. The van der Waals surface area contributed by atoms with Crippen LogP contribution in [0.15, 0.2) is 78.6 Å². The van der Waals surface area contributed by atoms with Gasteiger partial charge in [-0.15, -0.1) is 0 Å². The summed E-state index contributed by atoms with van der Waals surface area (Å²) in [6.45, 7) is 3.66. The lowest BCUT2D eigenvalue weighted by Gasteiger charge is -1.97. The first-order valence-corrected chi connectivity index (χ1v) is 6.21. The van der Waals surface area contributed by atoms with Crippen molar-refractivity contribution < 1.29 is 0 Å². The zero-order valence-electron chi connectivity index (χ0n) is 10.5. The van der Waals surface area contributed by atoms with Gasteiger partial charge in [0.25, 0.3) is 0 Å². The quantitative estimate of drug-likeness (QED) is 0.612. The van der Waals surface area contributed by atoms with E-state index < -0.39 is 0 Å². The number of aromatic nitrogens is 1. The van der Waals surface area contributed by atoms with Crippen molar-refractivity contribution in [3.8, 4) is 11.1 Å². The van der Waals surface area contributed by atoms with Crippen molar-refractivity contribution in [2.24, 2.45) is 5.10 Å². The van der Waals surface area contributed by atoms with E-state index in [9.17, 15) is 0 Å². The van der Waals surface area contributed by atoms with Crippen LogP contribution in [0.5, 0.6) is 0 Å². The average Bonchev–Trinajstić information content (AvgIpc) is 2.85. The number of benzene rings is 2. The molecule has 92 valence electrons. The Kier molecular flexibility index (Phi) is 2.99. The van der Waals surface area contributed by atoms with E-state index >= 15 is 0 Å². The molecule has 3 rings (SSSR count). The van der Waals surface area contributed by atoms with Crippen molar-refractivity contribution >= 4 is 17.1 Å². The average molecular weight is 246 g/mol. The van der Waals surface area contributed by atoms with Crippen molar-refractivity contribution in [3.63, 3.8) is 0 Å². The highest BCUT2D eigenvalue weighted by molar-refractivity contribution is 5.96. The second-order valence-electron chi connectivity index (χ2n) is 4.27. The van der Waals surface area contributed by atoms with E-state index in [0.717, 1.165) is 5.52 Å². The third kappa shape index (κ3) is 2.08. The molecular formula is C17H14N2. The summed E-state index contributed by atoms with van der Waals surface area (Å²) in [5.41, 5.74) is 3.49. The standard InChI is InChI=1S/C17H14N2/c1-2-12-18-19-13-16(14-8-4-3-5-9-14)15-10-6-7-11-17(15)19/h2-13H,1H2. The predicted octanol–water partition coefficient (Wildman–Crippen LogP) is 4.33. The fraction of sp³-hybridized carbons (Fsp3) is 0. The molecule has 0 atom stereocenters. The van der Waals surface area contributed by atoms with Crippen molar-refractivity contribution in [1.29, 1.82) is 0 Å². The number of fused-ring (bicyclic) bond motifs is 1. The van der Waals surface area contributed by atoms with E-state index in [-0.39, 0.29) is 0 Å². The van der Waals surface area contributed by atoms with Crippen LogP contribution in [-0.2, 0) is 0 Å². The number of para-hydroxylation sites is 1. The molecule has 0 aliphatic rings. The molecule has 2 aromatic carbocycles. The van der Waals surface area contributed by atoms with Gasteiger partial charge < -0.3 is 0 Å². The van der Waals surface area contributed by atoms with Gasteiger partial charge in [0, 0.05) is 23.4 Å². The van der Waals surface area contributed by atoms with Gasteiger partial charge in [-0.25, -0.2) is 4.68 Å². The molecule has 0 bridgehead atoms. The van der Waals surface area contributed by atoms with E-state index in [1.807, 2.05) is 16.8 Å². The Bertz CT molecular complexity index is 736. The zero-order chi connectivity index (χ0) is 13.1. The Hall–Kier alpha value is -2.61. The molecule has 0 aliphatic carbocycles. The first-order valence-electron chi connectivity index (χ1n) is 6.21. The van der Waals surface area contributed by atoms with Crippen molar-refractivity contribution in [1.82, 2.24) is 4.68 Å². The fourth-order valence-electron chi connectivity index (χ4n) is 2.22. The molecule has 0 saturated carbocycles. The Morgan fingerprint density at radius 3 is 2.47 bits per heavy atom. The molecule has 2 heteroatoms. The second kappa shape index (κ2) is 4.94. The lowest BCUT2D eigenvalue weighted by atomic mass is 10.1. The molecule has 0 radical (unpaired) electrons. The normalized spacial score (nSPS) is 11.2. The molecule has 0 aliphatic heterocycles. The molecule has 1 heterocycles. The molecule has 3 aromatic rings. The maximum Gasteiger partial charge on any atom is 0.0724 e. The highest BCUT2D eigenvalue weighted by atomic mass is 15.3. The van der Waals surface area contributed by atoms with Crippen molar-refractivity contribution in [2.45, 2.75) is 0 Å². The molecule has 0 N–H and O–H groups in total. The molecular weight excluding hydrogens is 232 g/mol. The summed E-state index contributed by atoms with van der Waals surface area (Å²) < 4.78 is 1.89. The first-order chi connectivity index (χ1) is 9.40. The Balaban J connectivity index is 2.26. The smallest absolute Gasteiger partial charge is 0.0724 e. The van der Waals surface area contributed by atoms with Gasteiger partial charge in [0.1, 0.15) is 0 Å². The number of rotatable bonds is 3. The van der Waals surface area contributed by atoms with Gasteiger partial charge in [0.15, 0.2) is 0 Å². The molecule has 0 fully saturated rings. The van der Waals surface area contributed by atoms with E-state index in [2.05, 4.69) is 60.3 Å². The number of nitrogens with zero attached hydrogens (tertiary/aromatic N) is 2. The van der Waals surface area contributed by atoms with Gasteiger partial charge in [0.2, 0.25) is 0 Å².